The van der Waals surface area contributed by atoms with Crippen molar-refractivity contribution in [3.05, 3.63) is 23.8 Å². The van der Waals surface area contributed by atoms with Crippen LogP contribution in [-0.4, -0.2) is 24.8 Å². The molecular formula is C17H26N2O3. The SMILES string of the molecule is COc1cc(C2C(N)C2(C)C)ccc1NC(=O)OC(C)(C)C. The van der Waals surface area contributed by atoms with Gasteiger partial charge in [-0.05, 0) is 43.9 Å². The summed E-state index contributed by atoms with van der Waals surface area (Å²) >= 11 is 0. The molecule has 1 aliphatic carbocycles. The van der Waals surface area contributed by atoms with E-state index in [1.54, 1.807) is 7.11 Å². The van der Waals surface area contributed by atoms with Crippen molar-refractivity contribution in [2.24, 2.45) is 11.1 Å². The van der Waals surface area contributed by atoms with Gasteiger partial charge in [-0.15, -0.1) is 0 Å². The van der Waals surface area contributed by atoms with Crippen LogP contribution in [-0.2, 0) is 4.74 Å². The maximum Gasteiger partial charge on any atom is 0.412 e. The molecule has 5 heteroatoms. The minimum atomic E-state index is -0.540. The number of rotatable bonds is 3. The van der Waals surface area contributed by atoms with Crippen LogP contribution >= 0.6 is 0 Å². The van der Waals surface area contributed by atoms with Gasteiger partial charge in [0.15, 0.2) is 0 Å². The van der Waals surface area contributed by atoms with E-state index < -0.39 is 11.7 Å². The number of hydrogen-bond acceptors (Lipinski definition) is 4. The molecule has 2 atom stereocenters. The number of nitrogens with one attached hydrogen (secondary N) is 1. The Bertz CT molecular complexity index is 576. The van der Waals surface area contributed by atoms with E-state index in [4.69, 9.17) is 15.2 Å². The first kappa shape index (κ1) is 16.6. The van der Waals surface area contributed by atoms with Crippen molar-refractivity contribution in [2.45, 2.75) is 52.2 Å². The molecule has 0 aromatic heterocycles. The van der Waals surface area contributed by atoms with E-state index >= 15 is 0 Å². The summed E-state index contributed by atoms with van der Waals surface area (Å²) in [6.07, 6.45) is -0.498. The summed E-state index contributed by atoms with van der Waals surface area (Å²) in [7, 11) is 1.58. The summed E-state index contributed by atoms with van der Waals surface area (Å²) in [6.45, 7) is 9.78. The second-order valence-corrected chi connectivity index (χ2v) is 7.41. The van der Waals surface area contributed by atoms with Gasteiger partial charge in [0.1, 0.15) is 11.4 Å². The second kappa shape index (κ2) is 5.47. The van der Waals surface area contributed by atoms with Crippen LogP contribution in [0.15, 0.2) is 18.2 Å². The molecule has 0 aliphatic heterocycles. The number of hydrogen-bond donors (Lipinski definition) is 2. The van der Waals surface area contributed by atoms with Crippen LogP contribution in [0.4, 0.5) is 10.5 Å². The fourth-order valence-electron chi connectivity index (χ4n) is 2.73. The van der Waals surface area contributed by atoms with Crippen molar-refractivity contribution in [1.29, 1.82) is 0 Å². The van der Waals surface area contributed by atoms with E-state index in [9.17, 15) is 4.79 Å². The van der Waals surface area contributed by atoms with Crippen molar-refractivity contribution in [3.8, 4) is 5.75 Å². The molecule has 3 N–H and O–H groups in total. The average Bonchev–Trinajstić information content (AvgIpc) is 2.86. The van der Waals surface area contributed by atoms with Gasteiger partial charge in [0.25, 0.3) is 0 Å². The van der Waals surface area contributed by atoms with Gasteiger partial charge in [-0.25, -0.2) is 4.79 Å². The van der Waals surface area contributed by atoms with Crippen molar-refractivity contribution in [1.82, 2.24) is 0 Å². The molecule has 0 radical (unpaired) electrons. The number of anilines is 1. The first-order valence-electron chi connectivity index (χ1n) is 7.50. The number of carbonyl (C=O) groups is 1. The largest absolute Gasteiger partial charge is 0.495 e. The van der Waals surface area contributed by atoms with Gasteiger partial charge < -0.3 is 15.2 Å². The highest BCUT2D eigenvalue weighted by Crippen LogP contribution is 2.57. The lowest BCUT2D eigenvalue weighted by Crippen LogP contribution is -2.27. The zero-order valence-corrected chi connectivity index (χ0v) is 14.2. The van der Waals surface area contributed by atoms with Gasteiger partial charge in [-0.3, -0.25) is 5.32 Å². The molecule has 1 fully saturated rings. The molecule has 122 valence electrons. The van der Waals surface area contributed by atoms with Crippen molar-refractivity contribution < 1.29 is 14.3 Å². The molecule has 0 saturated heterocycles. The fraction of sp³-hybridized carbons (Fsp3) is 0.588. The molecular weight excluding hydrogens is 280 g/mol. The Morgan fingerprint density at radius 1 is 1.32 bits per heavy atom. The van der Waals surface area contributed by atoms with Crippen molar-refractivity contribution >= 4 is 11.8 Å². The van der Waals surface area contributed by atoms with Crippen LogP contribution in [0.25, 0.3) is 0 Å². The predicted molar refractivity (Wildman–Crippen MR) is 87.3 cm³/mol. The maximum absolute atomic E-state index is 11.9. The monoisotopic (exact) mass is 306 g/mol. The molecule has 1 aromatic rings. The summed E-state index contributed by atoms with van der Waals surface area (Å²) in [6, 6.07) is 5.90. The van der Waals surface area contributed by atoms with Crippen LogP contribution < -0.4 is 15.8 Å². The first-order valence-corrected chi connectivity index (χ1v) is 7.50. The van der Waals surface area contributed by atoms with Gasteiger partial charge >= 0.3 is 6.09 Å². The molecule has 1 amide bonds. The second-order valence-electron chi connectivity index (χ2n) is 7.41. The number of ether oxygens (including phenoxy) is 2. The zero-order chi connectivity index (χ0) is 16.7. The Hall–Kier alpha value is -1.75. The fourth-order valence-corrected chi connectivity index (χ4v) is 2.73. The lowest BCUT2D eigenvalue weighted by atomic mass is 10.0. The molecule has 22 heavy (non-hydrogen) atoms. The van der Waals surface area contributed by atoms with E-state index in [0.717, 1.165) is 5.56 Å². The molecule has 0 bridgehead atoms. The summed E-state index contributed by atoms with van der Waals surface area (Å²) < 4.78 is 10.6. The first-order chi connectivity index (χ1) is 10.1. The predicted octanol–water partition coefficient (Wildman–Crippen LogP) is 3.49. The van der Waals surface area contributed by atoms with Gasteiger partial charge in [-0.2, -0.15) is 0 Å². The third-order valence-electron chi connectivity index (χ3n) is 4.13. The summed E-state index contributed by atoms with van der Waals surface area (Å²) in [5, 5.41) is 2.72. The molecule has 2 unspecified atom stereocenters. The third kappa shape index (κ3) is 3.35. The van der Waals surface area contributed by atoms with Crippen LogP contribution in [0.1, 0.15) is 46.1 Å². The highest BCUT2D eigenvalue weighted by Gasteiger charge is 2.56. The van der Waals surface area contributed by atoms with Gasteiger partial charge in [0.2, 0.25) is 0 Å². The molecule has 1 saturated carbocycles. The van der Waals surface area contributed by atoms with Gasteiger partial charge in [0.05, 0.1) is 12.8 Å². The Morgan fingerprint density at radius 3 is 2.36 bits per heavy atom. The quantitative estimate of drug-likeness (QED) is 0.896. The van der Waals surface area contributed by atoms with E-state index in [1.807, 2.05) is 39.0 Å². The van der Waals surface area contributed by atoms with Gasteiger partial charge in [-0.1, -0.05) is 19.9 Å². The lowest BCUT2D eigenvalue weighted by molar-refractivity contribution is 0.0635. The topological polar surface area (TPSA) is 73.6 Å². The standard InChI is InChI=1S/C17H26N2O3/c1-16(2,3)22-15(20)19-11-8-7-10(9-12(11)21-6)13-14(18)17(13,4)5/h7-9,13-14H,18H2,1-6H3,(H,19,20). The molecule has 1 aliphatic rings. The number of methoxy groups -OCH3 is 1. The van der Waals surface area contributed by atoms with Crippen LogP contribution in [0.5, 0.6) is 5.75 Å². The van der Waals surface area contributed by atoms with Crippen LogP contribution in [0.2, 0.25) is 0 Å². The maximum atomic E-state index is 11.9. The Labute approximate surface area is 132 Å². The van der Waals surface area contributed by atoms with Crippen LogP contribution in [0, 0.1) is 5.41 Å². The number of amides is 1. The molecule has 0 spiro atoms. The highest BCUT2D eigenvalue weighted by molar-refractivity contribution is 5.87. The van der Waals surface area contributed by atoms with E-state index in [2.05, 4.69) is 19.2 Å². The highest BCUT2D eigenvalue weighted by atomic mass is 16.6. The normalized spacial score (nSPS) is 22.9. The minimum Gasteiger partial charge on any atom is -0.495 e. The Kier molecular flexibility index (Phi) is 4.13. The third-order valence-corrected chi connectivity index (χ3v) is 4.13. The summed E-state index contributed by atoms with van der Waals surface area (Å²) in [4.78, 5) is 11.9. The molecule has 1 aromatic carbocycles. The number of nitrogens with two attached hydrogens (primary N) is 1. The summed E-state index contributed by atoms with van der Waals surface area (Å²) in [5.74, 6) is 0.926. The van der Waals surface area contributed by atoms with E-state index in [0.29, 0.717) is 17.4 Å². The number of benzene rings is 1. The van der Waals surface area contributed by atoms with E-state index in [1.165, 1.54) is 0 Å². The smallest absolute Gasteiger partial charge is 0.412 e. The molecule has 2 rings (SSSR count). The lowest BCUT2D eigenvalue weighted by Gasteiger charge is -2.20. The van der Waals surface area contributed by atoms with E-state index in [-0.39, 0.29) is 11.5 Å². The summed E-state index contributed by atoms with van der Waals surface area (Å²) in [5.41, 5.74) is 7.41. The minimum absolute atomic E-state index is 0.102. The van der Waals surface area contributed by atoms with Crippen molar-refractivity contribution in [2.75, 3.05) is 12.4 Å². The van der Waals surface area contributed by atoms with Crippen molar-refractivity contribution in [3.63, 3.8) is 0 Å². The average molecular weight is 306 g/mol. The molecule has 5 nitrogen and oxygen atoms in total. The molecule has 0 heterocycles. The Balaban J connectivity index is 2.15. The Morgan fingerprint density at radius 2 is 1.91 bits per heavy atom. The number of carbonyl (C=O) groups excluding carboxylic acids is 1. The van der Waals surface area contributed by atoms with Crippen LogP contribution in [0.3, 0.4) is 0 Å². The van der Waals surface area contributed by atoms with Gasteiger partial charge in [0, 0.05) is 12.0 Å². The zero-order valence-electron chi connectivity index (χ0n) is 14.2.